The molecule has 1 aliphatic heterocycles. The largest absolute Gasteiger partial charge is 0.381 e. The van der Waals surface area contributed by atoms with Crippen LogP contribution in [0.1, 0.15) is 31.4 Å². The number of nitrogens with two attached hydrogens (primary N) is 1. The average molecular weight is 351 g/mol. The lowest BCUT2D eigenvalue weighted by Gasteiger charge is -2.33. The van der Waals surface area contributed by atoms with Gasteiger partial charge in [-0.25, -0.2) is 4.68 Å². The lowest BCUT2D eigenvalue weighted by Crippen LogP contribution is -2.57. The predicted molar refractivity (Wildman–Crippen MR) is 94.3 cm³/mol. The molecule has 1 amide bonds. The number of ether oxygens (including phenoxy) is 1. The summed E-state index contributed by atoms with van der Waals surface area (Å²) < 4.78 is 7.08. The summed E-state index contributed by atoms with van der Waals surface area (Å²) in [6.07, 6.45) is 4.73. The fourth-order valence-electron chi connectivity index (χ4n) is 2.74. The number of carbonyl (C=O) groups excluding carboxylic acids is 1. The molecule has 24 heavy (non-hydrogen) atoms. The maximum absolute atomic E-state index is 12.5. The molecule has 1 atom stereocenters. The van der Waals surface area contributed by atoms with Crippen molar-refractivity contribution in [3.8, 4) is 5.69 Å². The highest BCUT2D eigenvalue weighted by atomic mass is 35.5. The predicted octanol–water partition coefficient (Wildman–Crippen LogP) is 1.98. The van der Waals surface area contributed by atoms with Gasteiger partial charge in [0.25, 0.3) is 0 Å². The number of benzene rings is 1. The van der Waals surface area contributed by atoms with Crippen molar-refractivity contribution in [3.05, 3.63) is 48.3 Å². The zero-order valence-electron chi connectivity index (χ0n) is 13.6. The first-order valence-corrected chi connectivity index (χ1v) is 7.86. The van der Waals surface area contributed by atoms with Gasteiger partial charge in [0.05, 0.1) is 17.3 Å². The lowest BCUT2D eigenvalue weighted by molar-refractivity contribution is -0.130. The zero-order chi connectivity index (χ0) is 16.3. The van der Waals surface area contributed by atoms with Crippen LogP contribution in [0.15, 0.2) is 42.7 Å². The van der Waals surface area contributed by atoms with Crippen LogP contribution in [-0.4, -0.2) is 34.4 Å². The van der Waals surface area contributed by atoms with Gasteiger partial charge in [0.1, 0.15) is 0 Å². The van der Waals surface area contributed by atoms with E-state index in [0.717, 1.165) is 11.3 Å². The Kier molecular flexibility index (Phi) is 5.99. The van der Waals surface area contributed by atoms with Crippen LogP contribution >= 0.6 is 12.4 Å². The molecule has 2 heterocycles. The van der Waals surface area contributed by atoms with Gasteiger partial charge in [-0.15, -0.1) is 12.4 Å². The lowest BCUT2D eigenvalue weighted by atomic mass is 9.90. The summed E-state index contributed by atoms with van der Waals surface area (Å²) in [5.74, 6) is -0.113. The van der Waals surface area contributed by atoms with Gasteiger partial charge in [-0.3, -0.25) is 4.79 Å². The zero-order valence-corrected chi connectivity index (χ0v) is 14.5. The van der Waals surface area contributed by atoms with Crippen LogP contribution in [0.3, 0.4) is 0 Å². The molecule has 1 fully saturated rings. The molecule has 1 aromatic carbocycles. The van der Waals surface area contributed by atoms with Crippen molar-refractivity contribution in [1.82, 2.24) is 15.1 Å². The first-order chi connectivity index (χ1) is 11.1. The highest BCUT2D eigenvalue weighted by molar-refractivity contribution is 5.86. The van der Waals surface area contributed by atoms with E-state index in [1.807, 2.05) is 43.5 Å². The second-order valence-corrected chi connectivity index (χ2v) is 6.01. The summed E-state index contributed by atoms with van der Waals surface area (Å²) in [7, 11) is 0. The smallest absolute Gasteiger partial charge is 0.240 e. The number of rotatable bonds is 4. The third kappa shape index (κ3) is 3.95. The maximum Gasteiger partial charge on any atom is 0.240 e. The third-order valence-electron chi connectivity index (χ3n) is 4.32. The first kappa shape index (κ1) is 18.4. The minimum Gasteiger partial charge on any atom is -0.381 e. The van der Waals surface area contributed by atoms with E-state index in [1.54, 1.807) is 10.9 Å². The number of hydrogen-bond acceptors (Lipinski definition) is 4. The Morgan fingerprint density at radius 1 is 1.38 bits per heavy atom. The third-order valence-corrected chi connectivity index (χ3v) is 4.32. The van der Waals surface area contributed by atoms with E-state index >= 15 is 0 Å². The van der Waals surface area contributed by atoms with Crippen molar-refractivity contribution in [3.63, 3.8) is 0 Å². The quantitative estimate of drug-likeness (QED) is 0.883. The maximum atomic E-state index is 12.5. The molecule has 130 valence electrons. The Labute approximate surface area is 147 Å². The Balaban J connectivity index is 0.00000208. The number of nitrogens with one attached hydrogen (secondary N) is 1. The highest BCUT2D eigenvalue weighted by Gasteiger charge is 2.36. The molecule has 0 radical (unpaired) electrons. The number of amides is 1. The molecule has 0 saturated carbocycles. The molecular formula is C17H23ClN4O2. The summed E-state index contributed by atoms with van der Waals surface area (Å²) in [6.45, 7) is 3.03. The number of carbonyl (C=O) groups is 1. The van der Waals surface area contributed by atoms with Crippen molar-refractivity contribution in [1.29, 1.82) is 0 Å². The van der Waals surface area contributed by atoms with Crippen molar-refractivity contribution in [2.75, 3.05) is 13.2 Å². The van der Waals surface area contributed by atoms with Gasteiger partial charge < -0.3 is 15.8 Å². The van der Waals surface area contributed by atoms with Crippen molar-refractivity contribution >= 4 is 18.3 Å². The number of hydrogen-bond donors (Lipinski definition) is 2. The van der Waals surface area contributed by atoms with Crippen LogP contribution in [0.5, 0.6) is 0 Å². The fourth-order valence-corrected chi connectivity index (χ4v) is 2.74. The molecule has 1 saturated heterocycles. The number of aromatic nitrogens is 2. The van der Waals surface area contributed by atoms with Gasteiger partial charge in [0, 0.05) is 25.6 Å². The Morgan fingerprint density at radius 2 is 2.12 bits per heavy atom. The number of nitrogens with zero attached hydrogens (tertiary/aromatic N) is 2. The van der Waals surface area contributed by atoms with E-state index < -0.39 is 5.54 Å². The van der Waals surface area contributed by atoms with E-state index in [4.69, 9.17) is 10.5 Å². The molecule has 1 aromatic heterocycles. The summed E-state index contributed by atoms with van der Waals surface area (Å²) in [5.41, 5.74) is 7.38. The molecule has 1 aliphatic rings. The Morgan fingerprint density at radius 3 is 2.79 bits per heavy atom. The Hall–Kier alpha value is -1.89. The highest BCUT2D eigenvalue weighted by Crippen LogP contribution is 2.21. The molecule has 6 nitrogen and oxygen atoms in total. The topological polar surface area (TPSA) is 82.2 Å². The van der Waals surface area contributed by atoms with Gasteiger partial charge in [0.15, 0.2) is 0 Å². The normalized spacial score (nSPS) is 17.6. The van der Waals surface area contributed by atoms with Crippen LogP contribution < -0.4 is 11.1 Å². The molecule has 0 aliphatic carbocycles. The van der Waals surface area contributed by atoms with Crippen LogP contribution in [0, 0.1) is 0 Å². The summed E-state index contributed by atoms with van der Waals surface area (Å²) in [5, 5.41) is 7.26. The van der Waals surface area contributed by atoms with E-state index in [2.05, 4.69) is 10.4 Å². The van der Waals surface area contributed by atoms with Gasteiger partial charge in [-0.1, -0.05) is 12.1 Å². The van der Waals surface area contributed by atoms with Gasteiger partial charge in [-0.2, -0.15) is 5.10 Å². The minimum atomic E-state index is -0.827. The summed E-state index contributed by atoms with van der Waals surface area (Å²) in [4.78, 5) is 12.5. The average Bonchev–Trinajstić information content (AvgIpc) is 3.10. The van der Waals surface area contributed by atoms with Crippen molar-refractivity contribution in [2.24, 2.45) is 5.73 Å². The monoisotopic (exact) mass is 350 g/mol. The van der Waals surface area contributed by atoms with Crippen LogP contribution in [0.2, 0.25) is 0 Å². The van der Waals surface area contributed by atoms with Gasteiger partial charge in [-0.05, 0) is 43.5 Å². The van der Waals surface area contributed by atoms with Crippen molar-refractivity contribution in [2.45, 2.75) is 31.3 Å². The molecular weight excluding hydrogens is 328 g/mol. The summed E-state index contributed by atoms with van der Waals surface area (Å²) >= 11 is 0. The standard InChI is InChI=1S/C17H22N4O2.ClH/c1-13(20-16(22)17(18)6-10-23-11-7-17)14-4-2-5-15(12-14)21-9-3-8-19-21;/h2-5,8-9,12-13H,6-7,10-11,18H2,1H3,(H,20,22);1H. The van der Waals surface area contributed by atoms with E-state index in [9.17, 15) is 4.79 Å². The van der Waals surface area contributed by atoms with Gasteiger partial charge >= 0.3 is 0 Å². The second-order valence-electron chi connectivity index (χ2n) is 6.01. The second kappa shape index (κ2) is 7.79. The molecule has 0 bridgehead atoms. The van der Waals surface area contributed by atoms with E-state index in [-0.39, 0.29) is 24.4 Å². The van der Waals surface area contributed by atoms with Gasteiger partial charge in [0.2, 0.25) is 5.91 Å². The van der Waals surface area contributed by atoms with E-state index in [1.165, 1.54) is 0 Å². The SMILES string of the molecule is CC(NC(=O)C1(N)CCOCC1)c1cccc(-n2cccn2)c1.Cl. The minimum absolute atomic E-state index is 0. The van der Waals surface area contributed by atoms with Crippen molar-refractivity contribution < 1.29 is 9.53 Å². The first-order valence-electron chi connectivity index (χ1n) is 7.86. The summed E-state index contributed by atoms with van der Waals surface area (Å²) in [6, 6.07) is 9.70. The van der Waals surface area contributed by atoms with Crippen LogP contribution in [-0.2, 0) is 9.53 Å². The molecule has 7 heteroatoms. The van der Waals surface area contributed by atoms with Crippen LogP contribution in [0.4, 0.5) is 0 Å². The molecule has 1 unspecified atom stereocenters. The number of halogens is 1. The Bertz CT molecular complexity index is 669. The fraction of sp³-hybridized carbons (Fsp3) is 0.412. The molecule has 3 N–H and O–H groups in total. The molecule has 0 spiro atoms. The molecule has 2 aromatic rings. The van der Waals surface area contributed by atoms with E-state index in [0.29, 0.717) is 26.1 Å². The van der Waals surface area contributed by atoms with Crippen LogP contribution in [0.25, 0.3) is 5.69 Å². The molecule has 3 rings (SSSR count).